The van der Waals surface area contributed by atoms with Gasteiger partial charge in [0.1, 0.15) is 6.33 Å². The van der Waals surface area contributed by atoms with Crippen molar-refractivity contribution in [3.05, 3.63) is 16.4 Å². The molecule has 1 atom stereocenters. The summed E-state index contributed by atoms with van der Waals surface area (Å²) in [5.74, 6) is 0.0225. The van der Waals surface area contributed by atoms with Gasteiger partial charge in [0.05, 0.1) is 38.0 Å². The maximum Gasteiger partial charge on any atom is 0.372 e. The maximum atomic E-state index is 11.0. The molecule has 9 heteroatoms. The second-order valence-corrected chi connectivity index (χ2v) is 3.79. The first-order valence-electron chi connectivity index (χ1n) is 5.69. The number of nitro groups is 1. The van der Waals surface area contributed by atoms with E-state index in [-0.39, 0.29) is 23.5 Å². The van der Waals surface area contributed by atoms with Crippen LogP contribution in [0.1, 0.15) is 0 Å². The van der Waals surface area contributed by atoms with E-state index in [0.29, 0.717) is 26.4 Å². The van der Waals surface area contributed by atoms with E-state index in [9.17, 15) is 10.1 Å². The van der Waals surface area contributed by atoms with Crippen molar-refractivity contribution in [1.82, 2.24) is 9.97 Å². The van der Waals surface area contributed by atoms with Crippen LogP contribution in [-0.2, 0) is 9.47 Å². The van der Waals surface area contributed by atoms with E-state index in [1.807, 2.05) is 0 Å². The average Bonchev–Trinajstić information content (AvgIpc) is 2.45. The second kappa shape index (κ2) is 6.25. The summed E-state index contributed by atoms with van der Waals surface area (Å²) in [5, 5.41) is 13.9. The molecule has 0 bridgehead atoms. The number of ether oxygens (including phenoxy) is 3. The normalized spacial score (nSPS) is 18.9. The molecule has 1 unspecified atom stereocenters. The topological polar surface area (TPSA) is 109 Å². The van der Waals surface area contributed by atoms with E-state index in [0.717, 1.165) is 0 Å². The lowest BCUT2D eigenvalue weighted by atomic mass is 10.3. The minimum absolute atomic E-state index is 0.0803. The quantitative estimate of drug-likeness (QED) is 0.598. The van der Waals surface area contributed by atoms with E-state index in [1.54, 1.807) is 0 Å². The van der Waals surface area contributed by atoms with Crippen LogP contribution in [0.3, 0.4) is 0 Å². The standard InChI is InChI=1S/C10H14N4O5/c1-17-10-8(14(15)16)9(12-6-13-10)11-4-7-5-18-2-3-19-7/h6-7H,2-5H2,1H3,(H,11,12,13). The number of aromatic nitrogens is 2. The molecule has 2 rings (SSSR count). The largest absolute Gasteiger partial charge is 0.476 e. The minimum atomic E-state index is -0.584. The lowest BCUT2D eigenvalue weighted by molar-refractivity contribution is -0.385. The monoisotopic (exact) mass is 270 g/mol. The molecule has 1 aromatic heterocycles. The molecule has 1 N–H and O–H groups in total. The Balaban J connectivity index is 2.08. The first kappa shape index (κ1) is 13.4. The van der Waals surface area contributed by atoms with E-state index >= 15 is 0 Å². The van der Waals surface area contributed by atoms with Crippen molar-refractivity contribution in [1.29, 1.82) is 0 Å². The van der Waals surface area contributed by atoms with Gasteiger partial charge in [-0.1, -0.05) is 0 Å². The number of methoxy groups -OCH3 is 1. The molecule has 0 spiro atoms. The molecule has 1 aromatic rings. The molecule has 104 valence electrons. The van der Waals surface area contributed by atoms with Gasteiger partial charge in [0, 0.05) is 6.54 Å². The van der Waals surface area contributed by atoms with Gasteiger partial charge >= 0.3 is 5.69 Å². The number of nitrogens with zero attached hydrogens (tertiary/aromatic N) is 3. The first-order chi connectivity index (χ1) is 9.22. The predicted octanol–water partition coefficient (Wildman–Crippen LogP) is 0.221. The highest BCUT2D eigenvalue weighted by Crippen LogP contribution is 2.30. The fourth-order valence-corrected chi connectivity index (χ4v) is 1.67. The van der Waals surface area contributed by atoms with Crippen LogP contribution in [0.5, 0.6) is 5.88 Å². The van der Waals surface area contributed by atoms with Crippen molar-refractivity contribution in [3.8, 4) is 5.88 Å². The van der Waals surface area contributed by atoms with E-state index < -0.39 is 4.92 Å². The highest BCUT2D eigenvalue weighted by atomic mass is 16.6. The van der Waals surface area contributed by atoms with E-state index in [1.165, 1.54) is 13.4 Å². The molecule has 0 aromatic carbocycles. The van der Waals surface area contributed by atoms with Crippen LogP contribution in [-0.4, -0.2) is 54.5 Å². The van der Waals surface area contributed by atoms with Gasteiger partial charge in [0.2, 0.25) is 5.82 Å². The molecular formula is C10H14N4O5. The smallest absolute Gasteiger partial charge is 0.372 e. The van der Waals surface area contributed by atoms with Crippen molar-refractivity contribution in [3.63, 3.8) is 0 Å². The zero-order valence-corrected chi connectivity index (χ0v) is 10.4. The summed E-state index contributed by atoms with van der Waals surface area (Å²) < 4.78 is 15.5. The van der Waals surface area contributed by atoms with Crippen molar-refractivity contribution in [2.24, 2.45) is 0 Å². The summed E-state index contributed by atoms with van der Waals surface area (Å²) in [6, 6.07) is 0. The molecular weight excluding hydrogens is 256 g/mol. The van der Waals surface area contributed by atoms with Gasteiger partial charge in [-0.3, -0.25) is 10.1 Å². The van der Waals surface area contributed by atoms with Crippen molar-refractivity contribution < 1.29 is 19.1 Å². The van der Waals surface area contributed by atoms with Crippen LogP contribution in [0.25, 0.3) is 0 Å². The Bertz CT molecular complexity index is 450. The Morgan fingerprint density at radius 1 is 1.58 bits per heavy atom. The molecule has 1 aliphatic rings. The highest BCUT2D eigenvalue weighted by molar-refractivity contribution is 5.61. The molecule has 2 heterocycles. The lowest BCUT2D eigenvalue weighted by Gasteiger charge is -2.23. The molecule has 9 nitrogen and oxygen atoms in total. The molecule has 1 aliphatic heterocycles. The molecule has 1 fully saturated rings. The maximum absolute atomic E-state index is 11.0. The fraction of sp³-hybridized carbons (Fsp3) is 0.600. The lowest BCUT2D eigenvalue weighted by Crippen LogP contribution is -2.34. The van der Waals surface area contributed by atoms with Gasteiger partial charge in [0.15, 0.2) is 0 Å². The summed E-state index contributed by atoms with van der Waals surface area (Å²) in [5.41, 5.74) is -0.290. The Morgan fingerprint density at radius 3 is 3.05 bits per heavy atom. The van der Waals surface area contributed by atoms with Crippen molar-refractivity contribution >= 4 is 11.5 Å². The molecule has 19 heavy (non-hydrogen) atoms. The Labute approximate surface area is 109 Å². The summed E-state index contributed by atoms with van der Waals surface area (Å²) in [4.78, 5) is 18.0. The van der Waals surface area contributed by atoms with Crippen LogP contribution in [0.4, 0.5) is 11.5 Å². The van der Waals surface area contributed by atoms with Crippen LogP contribution in [0.15, 0.2) is 6.33 Å². The van der Waals surface area contributed by atoms with Crippen LogP contribution >= 0.6 is 0 Å². The zero-order valence-electron chi connectivity index (χ0n) is 10.4. The molecule has 0 aliphatic carbocycles. The summed E-state index contributed by atoms with van der Waals surface area (Å²) in [6.45, 7) is 1.89. The summed E-state index contributed by atoms with van der Waals surface area (Å²) >= 11 is 0. The van der Waals surface area contributed by atoms with Gasteiger partial charge in [-0.25, -0.2) is 4.98 Å². The number of hydrogen-bond donors (Lipinski definition) is 1. The Kier molecular flexibility index (Phi) is 4.42. The number of nitrogens with one attached hydrogen (secondary N) is 1. The number of rotatable bonds is 5. The van der Waals surface area contributed by atoms with Crippen LogP contribution in [0, 0.1) is 10.1 Å². The van der Waals surface area contributed by atoms with E-state index in [2.05, 4.69) is 15.3 Å². The van der Waals surface area contributed by atoms with Crippen molar-refractivity contribution in [2.75, 3.05) is 38.8 Å². The zero-order chi connectivity index (χ0) is 13.7. The van der Waals surface area contributed by atoms with Crippen LogP contribution < -0.4 is 10.1 Å². The third-order valence-electron chi connectivity index (χ3n) is 2.55. The third-order valence-corrected chi connectivity index (χ3v) is 2.55. The number of hydrogen-bond acceptors (Lipinski definition) is 8. The Hall–Kier alpha value is -2.00. The highest BCUT2D eigenvalue weighted by Gasteiger charge is 2.24. The summed E-state index contributed by atoms with van der Waals surface area (Å²) in [7, 11) is 1.32. The minimum Gasteiger partial charge on any atom is -0.476 e. The third kappa shape index (κ3) is 3.26. The molecule has 0 radical (unpaired) electrons. The van der Waals surface area contributed by atoms with Crippen LogP contribution in [0.2, 0.25) is 0 Å². The number of anilines is 1. The van der Waals surface area contributed by atoms with Gasteiger partial charge < -0.3 is 19.5 Å². The van der Waals surface area contributed by atoms with Gasteiger partial charge in [-0.15, -0.1) is 0 Å². The molecule has 0 amide bonds. The molecule has 0 saturated carbocycles. The van der Waals surface area contributed by atoms with Gasteiger partial charge in [-0.05, 0) is 0 Å². The average molecular weight is 270 g/mol. The first-order valence-corrected chi connectivity index (χ1v) is 5.69. The molecule has 1 saturated heterocycles. The predicted molar refractivity (Wildman–Crippen MR) is 64.3 cm³/mol. The fourth-order valence-electron chi connectivity index (χ4n) is 1.67. The van der Waals surface area contributed by atoms with Gasteiger partial charge in [-0.2, -0.15) is 4.98 Å². The van der Waals surface area contributed by atoms with E-state index in [4.69, 9.17) is 14.2 Å². The van der Waals surface area contributed by atoms with Gasteiger partial charge in [0.25, 0.3) is 5.88 Å². The Morgan fingerprint density at radius 2 is 2.42 bits per heavy atom. The second-order valence-electron chi connectivity index (χ2n) is 3.79. The van der Waals surface area contributed by atoms with Crippen molar-refractivity contribution in [2.45, 2.75) is 6.10 Å². The summed E-state index contributed by atoms with van der Waals surface area (Å²) in [6.07, 6.45) is 1.04. The SMILES string of the molecule is COc1ncnc(NCC2COCCO2)c1[N+](=O)[O-].